The first-order chi connectivity index (χ1) is 6.68. The molecule has 88 valence electrons. The van der Waals surface area contributed by atoms with E-state index < -0.39 is 23.5 Å². The van der Waals surface area contributed by atoms with E-state index in [0.717, 1.165) is 6.29 Å². The molecule has 0 aromatic carbocycles. The van der Waals surface area contributed by atoms with Gasteiger partial charge >= 0.3 is 0 Å². The Balaban J connectivity index is 2.59. The Kier molecular flexibility index (Phi) is 3.19. The minimum absolute atomic E-state index is 0.154. The van der Waals surface area contributed by atoms with Gasteiger partial charge < -0.3 is 9.53 Å². The highest BCUT2D eigenvalue weighted by atomic mass is 19.3. The van der Waals surface area contributed by atoms with E-state index in [4.69, 9.17) is 4.74 Å². The van der Waals surface area contributed by atoms with E-state index >= 15 is 0 Å². The summed E-state index contributed by atoms with van der Waals surface area (Å²) < 4.78 is 30.9. The number of hydrogen-bond donors (Lipinski definition) is 0. The van der Waals surface area contributed by atoms with Crippen molar-refractivity contribution in [1.82, 2.24) is 0 Å². The second-order valence-corrected chi connectivity index (χ2v) is 5.38. The van der Waals surface area contributed by atoms with Crippen molar-refractivity contribution in [3.8, 4) is 0 Å². The molecule has 1 atom stereocenters. The second-order valence-electron chi connectivity index (χ2n) is 5.38. The number of halogens is 2. The molecule has 1 heterocycles. The zero-order valence-corrected chi connectivity index (χ0v) is 9.48. The van der Waals surface area contributed by atoms with Crippen molar-refractivity contribution in [3.63, 3.8) is 0 Å². The number of rotatable bonds is 3. The first-order valence-corrected chi connectivity index (χ1v) is 5.16. The fourth-order valence-electron chi connectivity index (χ4n) is 2.02. The maximum atomic E-state index is 12.9. The van der Waals surface area contributed by atoms with Crippen LogP contribution in [0.5, 0.6) is 0 Å². The number of alkyl halides is 2. The average Bonchev–Trinajstić information content (AvgIpc) is 2.11. The van der Waals surface area contributed by atoms with E-state index in [2.05, 4.69) is 0 Å². The molecule has 4 heteroatoms. The number of hydrogen-bond acceptors (Lipinski definition) is 2. The van der Waals surface area contributed by atoms with Gasteiger partial charge in [-0.2, -0.15) is 0 Å². The van der Waals surface area contributed by atoms with Crippen LogP contribution in [0.4, 0.5) is 8.78 Å². The highest BCUT2D eigenvalue weighted by Gasteiger charge is 2.43. The lowest BCUT2D eigenvalue weighted by Gasteiger charge is -2.40. The van der Waals surface area contributed by atoms with Crippen molar-refractivity contribution in [2.24, 2.45) is 5.41 Å². The number of aldehydes is 1. The Hall–Kier alpha value is -0.510. The molecule has 0 aliphatic carbocycles. The van der Waals surface area contributed by atoms with Crippen molar-refractivity contribution < 1.29 is 18.3 Å². The molecule has 1 rings (SSSR count). The van der Waals surface area contributed by atoms with Crippen molar-refractivity contribution in [2.75, 3.05) is 6.61 Å². The average molecular weight is 220 g/mol. The molecule has 1 aliphatic heterocycles. The van der Waals surface area contributed by atoms with Crippen LogP contribution in [-0.2, 0) is 9.53 Å². The van der Waals surface area contributed by atoms with Gasteiger partial charge in [-0.3, -0.25) is 0 Å². The van der Waals surface area contributed by atoms with Gasteiger partial charge in [-0.05, 0) is 19.8 Å². The van der Waals surface area contributed by atoms with Gasteiger partial charge in [0, 0.05) is 11.8 Å². The summed E-state index contributed by atoms with van der Waals surface area (Å²) in [5, 5.41) is 0. The molecule has 1 fully saturated rings. The van der Waals surface area contributed by atoms with E-state index in [1.54, 1.807) is 20.8 Å². The van der Waals surface area contributed by atoms with Crippen molar-refractivity contribution >= 4 is 6.29 Å². The molecule has 0 aromatic heterocycles. The molecule has 2 nitrogen and oxygen atoms in total. The van der Waals surface area contributed by atoms with Gasteiger partial charge in [0.15, 0.2) is 0 Å². The Morgan fingerprint density at radius 1 is 1.40 bits per heavy atom. The SMILES string of the molecule is CC(C)(C=O)C[C@@]1(C)CCC(F)(F)CO1. The maximum absolute atomic E-state index is 12.9. The minimum Gasteiger partial charge on any atom is -0.369 e. The summed E-state index contributed by atoms with van der Waals surface area (Å²) in [6, 6.07) is 0. The summed E-state index contributed by atoms with van der Waals surface area (Å²) >= 11 is 0. The van der Waals surface area contributed by atoms with Crippen LogP contribution >= 0.6 is 0 Å². The Labute approximate surface area is 89.0 Å². The summed E-state index contributed by atoms with van der Waals surface area (Å²) in [5.41, 5.74) is -1.10. The Bertz CT molecular complexity index is 239. The van der Waals surface area contributed by atoms with Gasteiger partial charge in [-0.25, -0.2) is 8.78 Å². The van der Waals surface area contributed by atoms with Crippen molar-refractivity contribution in [2.45, 2.75) is 51.6 Å². The lowest BCUT2D eigenvalue weighted by molar-refractivity contribution is -0.190. The third-order valence-electron chi connectivity index (χ3n) is 2.80. The number of carbonyl (C=O) groups is 1. The zero-order chi connectivity index (χ0) is 11.7. The predicted octanol–water partition coefficient (Wildman–Crippen LogP) is 2.81. The highest BCUT2D eigenvalue weighted by molar-refractivity contribution is 5.58. The topological polar surface area (TPSA) is 26.3 Å². The second kappa shape index (κ2) is 3.81. The van der Waals surface area contributed by atoms with Gasteiger partial charge in [0.2, 0.25) is 0 Å². The molecule has 0 bridgehead atoms. The first-order valence-electron chi connectivity index (χ1n) is 5.16. The maximum Gasteiger partial charge on any atom is 0.271 e. The van der Waals surface area contributed by atoms with Crippen molar-refractivity contribution in [3.05, 3.63) is 0 Å². The molecule has 0 unspecified atom stereocenters. The number of carbonyl (C=O) groups excluding carboxylic acids is 1. The molecular formula is C11H18F2O2. The van der Waals surface area contributed by atoms with Crippen LogP contribution < -0.4 is 0 Å². The van der Waals surface area contributed by atoms with Gasteiger partial charge in [0.1, 0.15) is 12.9 Å². The Morgan fingerprint density at radius 3 is 2.40 bits per heavy atom. The predicted molar refractivity (Wildman–Crippen MR) is 53.0 cm³/mol. The smallest absolute Gasteiger partial charge is 0.271 e. The van der Waals surface area contributed by atoms with Crippen LogP contribution in [0.15, 0.2) is 0 Å². The molecule has 0 aromatic rings. The van der Waals surface area contributed by atoms with E-state index in [9.17, 15) is 13.6 Å². The summed E-state index contributed by atoms with van der Waals surface area (Å²) in [5.74, 6) is -2.70. The van der Waals surface area contributed by atoms with E-state index in [1.807, 2.05) is 0 Å². The fraction of sp³-hybridized carbons (Fsp3) is 0.909. The lowest BCUT2D eigenvalue weighted by atomic mass is 9.78. The van der Waals surface area contributed by atoms with Crippen LogP contribution in [0.1, 0.15) is 40.0 Å². The number of ether oxygens (including phenoxy) is 1. The molecule has 0 amide bonds. The quantitative estimate of drug-likeness (QED) is 0.684. The minimum atomic E-state index is -2.70. The summed E-state index contributed by atoms with van der Waals surface area (Å²) in [6.45, 7) is 4.86. The molecule has 0 spiro atoms. The van der Waals surface area contributed by atoms with Crippen LogP contribution in [0.2, 0.25) is 0 Å². The monoisotopic (exact) mass is 220 g/mol. The third kappa shape index (κ3) is 3.52. The Morgan fingerprint density at radius 2 is 2.00 bits per heavy atom. The zero-order valence-electron chi connectivity index (χ0n) is 9.48. The standard InChI is InChI=1S/C11H18F2O2/c1-9(2,7-14)6-10(3)4-5-11(12,13)8-15-10/h7H,4-6,8H2,1-3H3/t10-/m1/s1. The molecule has 1 saturated heterocycles. The van der Waals surface area contributed by atoms with Gasteiger partial charge in [-0.1, -0.05) is 13.8 Å². The molecular weight excluding hydrogens is 202 g/mol. The molecule has 15 heavy (non-hydrogen) atoms. The lowest BCUT2D eigenvalue weighted by Crippen LogP contribution is -2.44. The largest absolute Gasteiger partial charge is 0.369 e. The molecule has 0 N–H and O–H groups in total. The molecule has 1 aliphatic rings. The highest BCUT2D eigenvalue weighted by Crippen LogP contribution is 2.39. The van der Waals surface area contributed by atoms with Crippen LogP contribution in [0.3, 0.4) is 0 Å². The van der Waals surface area contributed by atoms with Crippen LogP contribution in [-0.4, -0.2) is 24.4 Å². The normalized spacial score (nSPS) is 31.3. The van der Waals surface area contributed by atoms with Gasteiger partial charge in [0.25, 0.3) is 5.92 Å². The van der Waals surface area contributed by atoms with Gasteiger partial charge in [-0.15, -0.1) is 0 Å². The first kappa shape index (κ1) is 12.6. The molecule has 0 saturated carbocycles. The van der Waals surface area contributed by atoms with E-state index in [0.29, 0.717) is 12.8 Å². The summed E-state index contributed by atoms with van der Waals surface area (Å²) in [4.78, 5) is 10.8. The molecule has 0 radical (unpaired) electrons. The summed E-state index contributed by atoms with van der Waals surface area (Å²) in [7, 11) is 0. The van der Waals surface area contributed by atoms with E-state index in [1.165, 1.54) is 0 Å². The van der Waals surface area contributed by atoms with Crippen LogP contribution in [0, 0.1) is 5.41 Å². The van der Waals surface area contributed by atoms with Crippen molar-refractivity contribution in [1.29, 1.82) is 0 Å². The summed E-state index contributed by atoms with van der Waals surface area (Å²) in [6.07, 6.45) is 1.49. The fourth-order valence-corrected chi connectivity index (χ4v) is 2.02. The van der Waals surface area contributed by atoms with Gasteiger partial charge in [0.05, 0.1) is 5.60 Å². The third-order valence-corrected chi connectivity index (χ3v) is 2.80. The van der Waals surface area contributed by atoms with Crippen LogP contribution in [0.25, 0.3) is 0 Å². The van der Waals surface area contributed by atoms with E-state index in [-0.39, 0.29) is 6.42 Å².